The molecule has 0 aliphatic heterocycles. The Hall–Kier alpha value is -0.640. The number of aromatic nitrogens is 1. The van der Waals surface area contributed by atoms with Gasteiger partial charge >= 0.3 is 0 Å². The number of hydrogen-bond donors (Lipinski definition) is 2. The topological polar surface area (TPSA) is 59.1 Å². The lowest BCUT2D eigenvalue weighted by Gasteiger charge is -2.14. The van der Waals surface area contributed by atoms with Gasteiger partial charge in [-0.05, 0) is 24.6 Å². The fourth-order valence-electron chi connectivity index (χ4n) is 0.903. The summed E-state index contributed by atoms with van der Waals surface area (Å²) >= 11 is 5.65. The lowest BCUT2D eigenvalue weighted by atomic mass is 10.1. The zero-order valence-electron chi connectivity index (χ0n) is 6.74. The van der Waals surface area contributed by atoms with Crippen LogP contribution in [0.2, 0.25) is 5.15 Å². The predicted octanol–water partition coefficient (Wildman–Crippen LogP) is 1.12. The molecule has 66 valence electrons. The summed E-state index contributed by atoms with van der Waals surface area (Å²) in [5.41, 5.74) is 6.47. The van der Waals surface area contributed by atoms with Gasteiger partial charge in [0.15, 0.2) is 0 Å². The maximum atomic E-state index is 9.18. The second-order valence-corrected chi connectivity index (χ2v) is 3.07. The quantitative estimate of drug-likeness (QED) is 0.681. The molecule has 0 aromatic carbocycles. The van der Waals surface area contributed by atoms with Crippen molar-refractivity contribution in [3.63, 3.8) is 0 Å². The van der Waals surface area contributed by atoms with Crippen molar-refractivity contribution in [3.8, 4) is 0 Å². The van der Waals surface area contributed by atoms with E-state index in [1.165, 1.54) is 0 Å². The molecular formula is C8H11ClN2O. The standard InChI is InChI=1S/C8H11ClN2O/c1-5(12)8(10)6-2-3-11-7(9)4-6/h2-5,8,12H,10H2,1H3. The van der Waals surface area contributed by atoms with E-state index in [1.54, 1.807) is 25.3 Å². The molecule has 0 aliphatic rings. The minimum atomic E-state index is -0.580. The molecule has 0 amide bonds. The van der Waals surface area contributed by atoms with Crippen LogP contribution in [-0.2, 0) is 0 Å². The third kappa shape index (κ3) is 2.17. The van der Waals surface area contributed by atoms with Crippen molar-refractivity contribution in [1.29, 1.82) is 0 Å². The van der Waals surface area contributed by atoms with Crippen molar-refractivity contribution in [1.82, 2.24) is 4.98 Å². The van der Waals surface area contributed by atoms with Crippen LogP contribution in [-0.4, -0.2) is 16.2 Å². The SMILES string of the molecule is CC(O)C(N)c1ccnc(Cl)c1. The predicted molar refractivity (Wildman–Crippen MR) is 47.9 cm³/mol. The molecule has 0 radical (unpaired) electrons. The molecule has 12 heavy (non-hydrogen) atoms. The largest absolute Gasteiger partial charge is 0.391 e. The van der Waals surface area contributed by atoms with Crippen LogP contribution in [0.3, 0.4) is 0 Å². The Balaban J connectivity index is 2.88. The van der Waals surface area contributed by atoms with Crippen molar-refractivity contribution in [2.75, 3.05) is 0 Å². The van der Waals surface area contributed by atoms with E-state index in [2.05, 4.69) is 4.98 Å². The molecule has 1 aromatic rings. The molecule has 2 unspecified atom stereocenters. The summed E-state index contributed by atoms with van der Waals surface area (Å²) in [5.74, 6) is 0. The average molecular weight is 187 g/mol. The van der Waals surface area contributed by atoms with Gasteiger partial charge in [-0.3, -0.25) is 0 Å². The zero-order chi connectivity index (χ0) is 9.14. The van der Waals surface area contributed by atoms with Crippen LogP contribution in [0.15, 0.2) is 18.3 Å². The first-order chi connectivity index (χ1) is 5.61. The number of hydrogen-bond acceptors (Lipinski definition) is 3. The Morgan fingerprint density at radius 2 is 2.33 bits per heavy atom. The molecule has 1 aromatic heterocycles. The summed E-state index contributed by atoms with van der Waals surface area (Å²) in [6.45, 7) is 1.64. The van der Waals surface area contributed by atoms with E-state index >= 15 is 0 Å². The summed E-state index contributed by atoms with van der Waals surface area (Å²) < 4.78 is 0. The summed E-state index contributed by atoms with van der Waals surface area (Å²) in [7, 11) is 0. The van der Waals surface area contributed by atoms with Crippen molar-refractivity contribution in [2.24, 2.45) is 5.73 Å². The summed E-state index contributed by atoms with van der Waals surface area (Å²) in [5, 5.41) is 9.57. The van der Waals surface area contributed by atoms with E-state index in [0.717, 1.165) is 5.56 Å². The molecule has 1 heterocycles. The van der Waals surface area contributed by atoms with Gasteiger partial charge in [0.25, 0.3) is 0 Å². The van der Waals surface area contributed by atoms with Crippen LogP contribution in [0.25, 0.3) is 0 Å². The van der Waals surface area contributed by atoms with E-state index in [4.69, 9.17) is 17.3 Å². The molecule has 0 saturated heterocycles. The smallest absolute Gasteiger partial charge is 0.129 e. The van der Waals surface area contributed by atoms with Gasteiger partial charge in [0, 0.05) is 6.20 Å². The Kier molecular flexibility index (Phi) is 3.03. The maximum absolute atomic E-state index is 9.18. The molecule has 0 saturated carbocycles. The number of nitrogens with zero attached hydrogens (tertiary/aromatic N) is 1. The first-order valence-corrected chi connectivity index (χ1v) is 4.04. The molecular weight excluding hydrogens is 176 g/mol. The molecule has 0 bridgehead atoms. The Morgan fingerprint density at radius 1 is 1.67 bits per heavy atom. The van der Waals surface area contributed by atoms with Crippen molar-refractivity contribution in [3.05, 3.63) is 29.0 Å². The first-order valence-electron chi connectivity index (χ1n) is 3.66. The van der Waals surface area contributed by atoms with Gasteiger partial charge in [0.2, 0.25) is 0 Å². The Labute approximate surface area is 76.2 Å². The number of rotatable bonds is 2. The van der Waals surface area contributed by atoms with Crippen LogP contribution in [0.5, 0.6) is 0 Å². The summed E-state index contributed by atoms with van der Waals surface area (Å²) in [6.07, 6.45) is 0.989. The zero-order valence-corrected chi connectivity index (χ0v) is 7.49. The minimum absolute atomic E-state index is 0.392. The molecule has 0 aliphatic carbocycles. The second kappa shape index (κ2) is 3.85. The lowest BCUT2D eigenvalue weighted by molar-refractivity contribution is 0.164. The highest BCUT2D eigenvalue weighted by molar-refractivity contribution is 6.29. The van der Waals surface area contributed by atoms with Crippen LogP contribution in [0, 0.1) is 0 Å². The van der Waals surface area contributed by atoms with Gasteiger partial charge in [0.1, 0.15) is 5.15 Å². The number of aliphatic hydroxyl groups is 1. The number of nitrogens with two attached hydrogens (primary N) is 1. The third-order valence-electron chi connectivity index (χ3n) is 1.66. The monoisotopic (exact) mass is 186 g/mol. The maximum Gasteiger partial charge on any atom is 0.129 e. The van der Waals surface area contributed by atoms with Crippen molar-refractivity contribution in [2.45, 2.75) is 19.1 Å². The molecule has 4 heteroatoms. The molecule has 0 fully saturated rings. The highest BCUT2D eigenvalue weighted by atomic mass is 35.5. The fraction of sp³-hybridized carbons (Fsp3) is 0.375. The van der Waals surface area contributed by atoms with Gasteiger partial charge in [-0.2, -0.15) is 0 Å². The highest BCUT2D eigenvalue weighted by Gasteiger charge is 2.11. The van der Waals surface area contributed by atoms with Gasteiger partial charge in [-0.15, -0.1) is 0 Å². The number of pyridine rings is 1. The average Bonchev–Trinajstić information content (AvgIpc) is 2.03. The van der Waals surface area contributed by atoms with E-state index in [0.29, 0.717) is 5.15 Å². The number of halogens is 1. The van der Waals surface area contributed by atoms with Crippen molar-refractivity contribution >= 4 is 11.6 Å². The second-order valence-electron chi connectivity index (χ2n) is 2.68. The van der Waals surface area contributed by atoms with Gasteiger partial charge in [0.05, 0.1) is 12.1 Å². The van der Waals surface area contributed by atoms with Crippen LogP contribution >= 0.6 is 11.6 Å². The molecule has 0 spiro atoms. The normalized spacial score (nSPS) is 15.7. The van der Waals surface area contributed by atoms with Gasteiger partial charge in [-0.25, -0.2) is 4.98 Å². The van der Waals surface area contributed by atoms with Crippen molar-refractivity contribution < 1.29 is 5.11 Å². The lowest BCUT2D eigenvalue weighted by Crippen LogP contribution is -2.23. The molecule has 2 atom stereocenters. The molecule has 3 nitrogen and oxygen atoms in total. The van der Waals surface area contributed by atoms with E-state index in [1.807, 2.05) is 0 Å². The molecule has 1 rings (SSSR count). The summed E-state index contributed by atoms with van der Waals surface area (Å²) in [6, 6.07) is 2.99. The first kappa shape index (κ1) is 9.45. The fourth-order valence-corrected chi connectivity index (χ4v) is 1.09. The van der Waals surface area contributed by atoms with Crippen LogP contribution < -0.4 is 5.73 Å². The van der Waals surface area contributed by atoms with E-state index in [-0.39, 0.29) is 0 Å². The minimum Gasteiger partial charge on any atom is -0.391 e. The van der Waals surface area contributed by atoms with Gasteiger partial charge < -0.3 is 10.8 Å². The Morgan fingerprint density at radius 3 is 2.83 bits per heavy atom. The van der Waals surface area contributed by atoms with E-state index in [9.17, 15) is 5.11 Å². The van der Waals surface area contributed by atoms with Gasteiger partial charge in [-0.1, -0.05) is 11.6 Å². The highest BCUT2D eigenvalue weighted by Crippen LogP contribution is 2.16. The van der Waals surface area contributed by atoms with E-state index < -0.39 is 12.1 Å². The van der Waals surface area contributed by atoms with Crippen LogP contribution in [0.1, 0.15) is 18.5 Å². The summed E-state index contributed by atoms with van der Waals surface area (Å²) in [4.78, 5) is 3.81. The van der Waals surface area contributed by atoms with Crippen LogP contribution in [0.4, 0.5) is 0 Å². The Bertz CT molecular complexity index is 265. The third-order valence-corrected chi connectivity index (χ3v) is 1.86. The number of aliphatic hydroxyl groups excluding tert-OH is 1. The molecule has 3 N–H and O–H groups in total.